The van der Waals surface area contributed by atoms with Crippen LogP contribution in [0.4, 0.5) is 22.0 Å². The number of hydrogen-bond donors (Lipinski definition) is 2. The van der Waals surface area contributed by atoms with Gasteiger partial charge in [-0.3, -0.25) is 4.99 Å². The van der Waals surface area contributed by atoms with Gasteiger partial charge in [-0.15, -0.1) is 24.0 Å². The molecule has 2 N–H and O–H groups in total. The van der Waals surface area contributed by atoms with Crippen molar-refractivity contribution in [2.75, 3.05) is 13.1 Å². The Bertz CT molecular complexity index is 530. The van der Waals surface area contributed by atoms with Crippen molar-refractivity contribution < 1.29 is 22.0 Å². The Balaban J connectivity index is 0.00000220. The molecule has 118 valence electrons. The molecule has 0 spiro atoms. The van der Waals surface area contributed by atoms with Crippen LogP contribution in [0.1, 0.15) is 17.5 Å². The van der Waals surface area contributed by atoms with Crippen LogP contribution in [0.3, 0.4) is 0 Å². The molecule has 0 unspecified atom stereocenters. The Labute approximate surface area is 135 Å². The van der Waals surface area contributed by atoms with Gasteiger partial charge in [0.05, 0.1) is 5.56 Å². The van der Waals surface area contributed by atoms with Crippen molar-refractivity contribution in [2.24, 2.45) is 4.99 Å². The van der Waals surface area contributed by atoms with E-state index in [0.717, 1.165) is 6.42 Å². The molecule has 21 heavy (non-hydrogen) atoms. The normalized spacial score (nSPS) is 14.8. The highest BCUT2D eigenvalue weighted by atomic mass is 127. The van der Waals surface area contributed by atoms with Crippen molar-refractivity contribution in [3.63, 3.8) is 0 Å². The summed E-state index contributed by atoms with van der Waals surface area (Å²) in [4.78, 5) is 4.05. The highest BCUT2D eigenvalue weighted by Crippen LogP contribution is 2.32. The van der Waals surface area contributed by atoms with Gasteiger partial charge in [0.15, 0.2) is 5.96 Å². The fourth-order valence-electron chi connectivity index (χ4n) is 1.77. The summed E-state index contributed by atoms with van der Waals surface area (Å²) in [6, 6.07) is 0.719. The second-order valence-electron chi connectivity index (χ2n) is 4.29. The van der Waals surface area contributed by atoms with Gasteiger partial charge in [0.1, 0.15) is 11.6 Å². The molecule has 0 bridgehead atoms. The molecule has 9 heteroatoms. The van der Waals surface area contributed by atoms with E-state index in [2.05, 4.69) is 15.6 Å². The lowest BCUT2D eigenvalue weighted by atomic mass is 10.1. The number of nitrogens with one attached hydrogen (secondary N) is 2. The smallest absolute Gasteiger partial charge is 0.356 e. The molecular weight excluding hydrogens is 408 g/mol. The minimum atomic E-state index is -4.91. The van der Waals surface area contributed by atoms with E-state index in [1.165, 1.54) is 0 Å². The molecule has 0 saturated carbocycles. The summed E-state index contributed by atoms with van der Waals surface area (Å²) in [5, 5.41) is 5.62. The van der Waals surface area contributed by atoms with Crippen LogP contribution in [-0.2, 0) is 12.7 Å². The summed E-state index contributed by atoms with van der Waals surface area (Å²) in [7, 11) is 0. The van der Waals surface area contributed by atoms with Crippen LogP contribution < -0.4 is 10.6 Å². The quantitative estimate of drug-likeness (QED) is 0.569. The maximum Gasteiger partial charge on any atom is 0.419 e. The molecule has 1 aromatic rings. The summed E-state index contributed by atoms with van der Waals surface area (Å²) in [6.07, 6.45) is -4.04. The van der Waals surface area contributed by atoms with Crippen molar-refractivity contribution in [3.05, 3.63) is 34.9 Å². The second kappa shape index (κ2) is 7.23. The highest BCUT2D eigenvalue weighted by Gasteiger charge is 2.35. The SMILES string of the molecule is Fc1cc(C(F)(F)F)c(F)cc1CNC1=NCCCN1.I. The zero-order valence-corrected chi connectivity index (χ0v) is 13.1. The van der Waals surface area contributed by atoms with E-state index in [1.54, 1.807) is 0 Å². The zero-order chi connectivity index (χ0) is 14.8. The van der Waals surface area contributed by atoms with Crippen LogP contribution in [-0.4, -0.2) is 19.0 Å². The van der Waals surface area contributed by atoms with Crippen LogP contribution in [0.25, 0.3) is 0 Å². The first kappa shape index (κ1) is 17.9. The number of nitrogens with zero attached hydrogens (tertiary/aromatic N) is 1. The molecule has 0 saturated heterocycles. The summed E-state index contributed by atoms with van der Waals surface area (Å²) in [6.45, 7) is 1.17. The lowest BCUT2D eigenvalue weighted by molar-refractivity contribution is -0.140. The van der Waals surface area contributed by atoms with E-state index in [4.69, 9.17) is 0 Å². The first-order chi connectivity index (χ1) is 9.38. The van der Waals surface area contributed by atoms with Gasteiger partial charge in [-0.25, -0.2) is 8.78 Å². The maximum absolute atomic E-state index is 13.5. The third kappa shape index (κ3) is 4.68. The fraction of sp³-hybridized carbons (Fsp3) is 0.417. The molecule has 1 aliphatic heterocycles. The number of halogens is 6. The summed E-state index contributed by atoms with van der Waals surface area (Å²) < 4.78 is 64.0. The van der Waals surface area contributed by atoms with Crippen molar-refractivity contribution in [3.8, 4) is 0 Å². The van der Waals surface area contributed by atoms with Crippen molar-refractivity contribution in [2.45, 2.75) is 19.1 Å². The maximum atomic E-state index is 13.5. The van der Waals surface area contributed by atoms with E-state index in [9.17, 15) is 22.0 Å². The Morgan fingerprint density at radius 2 is 1.90 bits per heavy atom. The summed E-state index contributed by atoms with van der Waals surface area (Å²) >= 11 is 0. The van der Waals surface area contributed by atoms with E-state index in [1.807, 2.05) is 0 Å². The van der Waals surface area contributed by atoms with Crippen LogP contribution in [0.15, 0.2) is 17.1 Å². The lowest BCUT2D eigenvalue weighted by Crippen LogP contribution is -2.40. The second-order valence-corrected chi connectivity index (χ2v) is 4.29. The lowest BCUT2D eigenvalue weighted by Gasteiger charge is -2.16. The Morgan fingerprint density at radius 3 is 2.48 bits per heavy atom. The van der Waals surface area contributed by atoms with Crippen LogP contribution >= 0.6 is 24.0 Å². The molecule has 1 aromatic carbocycles. The molecule has 0 amide bonds. The van der Waals surface area contributed by atoms with E-state index < -0.39 is 23.4 Å². The molecule has 1 heterocycles. The standard InChI is InChI=1S/C12H12F5N3.HI/c13-9-5-8(12(15,16)17)10(14)4-7(9)6-20-11-18-2-1-3-19-11;/h4-5H,1-3,6H2,(H2,18,19,20);1H. The monoisotopic (exact) mass is 421 g/mol. The minimum absolute atomic E-state index is 0. The molecule has 2 rings (SSSR count). The number of alkyl halides is 3. The average Bonchev–Trinajstić information content (AvgIpc) is 2.39. The van der Waals surface area contributed by atoms with Crippen LogP contribution in [0.5, 0.6) is 0 Å². The number of aliphatic imine (C=N–C) groups is 1. The number of benzene rings is 1. The van der Waals surface area contributed by atoms with E-state index in [-0.39, 0.29) is 42.2 Å². The summed E-state index contributed by atoms with van der Waals surface area (Å²) in [5.74, 6) is -2.17. The first-order valence-electron chi connectivity index (χ1n) is 5.95. The molecule has 1 aliphatic rings. The van der Waals surface area contributed by atoms with E-state index >= 15 is 0 Å². The largest absolute Gasteiger partial charge is 0.419 e. The Hall–Kier alpha value is -1.13. The number of guanidine groups is 1. The minimum Gasteiger partial charge on any atom is -0.356 e. The van der Waals surface area contributed by atoms with Crippen molar-refractivity contribution in [1.29, 1.82) is 0 Å². The van der Waals surface area contributed by atoms with Crippen molar-refractivity contribution in [1.82, 2.24) is 10.6 Å². The topological polar surface area (TPSA) is 36.4 Å². The fourth-order valence-corrected chi connectivity index (χ4v) is 1.77. The Kier molecular flexibility index (Phi) is 6.17. The Morgan fingerprint density at radius 1 is 1.19 bits per heavy atom. The van der Waals surface area contributed by atoms with Crippen LogP contribution in [0.2, 0.25) is 0 Å². The average molecular weight is 421 g/mol. The first-order valence-corrected chi connectivity index (χ1v) is 5.95. The number of rotatable bonds is 2. The third-order valence-electron chi connectivity index (χ3n) is 2.79. The van der Waals surface area contributed by atoms with Crippen LogP contribution in [0, 0.1) is 11.6 Å². The molecule has 0 aliphatic carbocycles. The van der Waals surface area contributed by atoms with Gasteiger partial charge in [0, 0.05) is 25.2 Å². The van der Waals surface area contributed by atoms with Gasteiger partial charge in [0.2, 0.25) is 0 Å². The van der Waals surface area contributed by atoms with Gasteiger partial charge in [-0.1, -0.05) is 0 Å². The highest BCUT2D eigenvalue weighted by molar-refractivity contribution is 14.0. The van der Waals surface area contributed by atoms with Gasteiger partial charge >= 0.3 is 6.18 Å². The van der Waals surface area contributed by atoms with E-state index in [0.29, 0.717) is 25.1 Å². The molecule has 0 atom stereocenters. The zero-order valence-electron chi connectivity index (χ0n) is 10.7. The van der Waals surface area contributed by atoms with Gasteiger partial charge in [-0.2, -0.15) is 13.2 Å². The van der Waals surface area contributed by atoms with Gasteiger partial charge in [0.25, 0.3) is 0 Å². The van der Waals surface area contributed by atoms with Crippen molar-refractivity contribution >= 4 is 29.9 Å². The summed E-state index contributed by atoms with van der Waals surface area (Å²) in [5.41, 5.74) is -1.79. The van der Waals surface area contributed by atoms with Gasteiger partial charge in [-0.05, 0) is 18.6 Å². The predicted octanol–water partition coefficient (Wildman–Crippen LogP) is 3.04. The molecule has 0 radical (unpaired) electrons. The number of hydrogen-bond acceptors (Lipinski definition) is 3. The third-order valence-corrected chi connectivity index (χ3v) is 2.79. The molecule has 0 aromatic heterocycles. The van der Waals surface area contributed by atoms with Gasteiger partial charge < -0.3 is 10.6 Å². The molecule has 0 fully saturated rings. The predicted molar refractivity (Wildman–Crippen MR) is 78.5 cm³/mol. The molecular formula is C12H13F5IN3. The molecule has 3 nitrogen and oxygen atoms in total.